The molecule has 578 valence electrons. The van der Waals surface area contributed by atoms with Crippen LogP contribution >= 0.6 is 0 Å². The molecular formula is C63H104O37. The van der Waals surface area contributed by atoms with Gasteiger partial charge in [-0.05, 0) is 94.0 Å². The molecule has 22 N–H and O–H groups in total. The van der Waals surface area contributed by atoms with E-state index in [9.17, 15) is 112 Å². The Labute approximate surface area is 574 Å². The summed E-state index contributed by atoms with van der Waals surface area (Å²) < 4.78 is 85.4. The van der Waals surface area contributed by atoms with E-state index in [2.05, 4.69) is 13.5 Å². The molecule has 10 rings (SSSR count). The van der Waals surface area contributed by atoms with Crippen molar-refractivity contribution in [2.45, 2.75) is 307 Å². The smallest absolute Gasteiger partial charge is 0.314 e. The zero-order valence-corrected chi connectivity index (χ0v) is 55.9. The zero-order valence-electron chi connectivity index (χ0n) is 55.9. The van der Waals surface area contributed by atoms with Crippen LogP contribution in [-0.2, 0) is 71.1 Å². The molecular weight excluding hydrogens is 1350 g/mol. The molecule has 3 aliphatic carbocycles. The van der Waals surface area contributed by atoms with Gasteiger partial charge in [-0.25, -0.2) is 0 Å². The summed E-state index contributed by atoms with van der Waals surface area (Å²) in [6.07, 6.45) is -62.9. The molecule has 0 aromatic rings. The van der Waals surface area contributed by atoms with Crippen LogP contribution in [-0.4, -0.2) is 378 Å². The molecule has 7 heterocycles. The molecule has 0 amide bonds. The number of carbonyl (C=O) groups is 1. The summed E-state index contributed by atoms with van der Waals surface area (Å²) in [5.41, 5.74) is -3.80. The van der Waals surface area contributed by atoms with Crippen molar-refractivity contribution in [1.29, 1.82) is 0 Å². The molecule has 0 aromatic heterocycles. The Balaban J connectivity index is 0.934. The molecule has 3 saturated carbocycles. The fraction of sp³-hybridized carbons (Fsp3) is 0.952. The Morgan fingerprint density at radius 2 is 0.740 bits per heavy atom. The number of esters is 1. The van der Waals surface area contributed by atoms with E-state index in [-0.39, 0.29) is 25.2 Å². The monoisotopic (exact) mass is 1450 g/mol. The molecule has 0 spiro atoms. The quantitative estimate of drug-likeness (QED) is 0.0288. The van der Waals surface area contributed by atoms with E-state index in [0.717, 1.165) is 0 Å². The van der Waals surface area contributed by atoms with Crippen LogP contribution in [0.3, 0.4) is 0 Å². The first kappa shape index (κ1) is 80.4. The average Bonchev–Trinajstić information content (AvgIpc) is 0.701. The molecule has 0 radical (unpaired) electrons. The van der Waals surface area contributed by atoms with Crippen molar-refractivity contribution >= 4 is 5.97 Å². The average molecular weight is 1450 g/mol. The lowest BCUT2D eigenvalue weighted by molar-refractivity contribution is -0.401. The SMILES string of the molecule is C=C(C)[C@]1(OC2OC(CO)C(O)C(OC3OC(CO)C(O)C(O)C3O)C2OC2OC(CO)C(O)C(O)C2O)CC[C@@H]2[C@@](C)(CC[C@H]3[C@@]2(C)CCC[C@@]3(C)C(=O)OC2OC(CO)C(O)C(OC3OC(CO)C(O)C(O)C3O)C2OC2OC(C)C(O)C(OC3OC(CO)C(O)C(O)C3O)C2O)C1. The van der Waals surface area contributed by atoms with E-state index >= 15 is 4.79 Å². The van der Waals surface area contributed by atoms with Gasteiger partial charge < -0.3 is 179 Å². The molecule has 7 aliphatic heterocycles. The largest absolute Gasteiger partial charge is 0.432 e. The Bertz CT molecular complexity index is 2690. The second-order valence-corrected chi connectivity index (χ2v) is 29.5. The minimum atomic E-state index is -2.16. The number of rotatable bonds is 21. The van der Waals surface area contributed by atoms with Crippen LogP contribution < -0.4 is 0 Å². The van der Waals surface area contributed by atoms with Crippen molar-refractivity contribution in [2.24, 2.45) is 28.1 Å². The molecule has 41 atom stereocenters. The number of aliphatic hydroxyl groups is 22. The lowest BCUT2D eigenvalue weighted by atomic mass is 9.40. The number of aliphatic hydroxyl groups excluding tert-OH is 22. The topological polar surface area (TPSA) is 591 Å². The summed E-state index contributed by atoms with van der Waals surface area (Å²) in [5, 5.41) is 239. The van der Waals surface area contributed by atoms with Crippen molar-refractivity contribution < 1.29 is 183 Å². The van der Waals surface area contributed by atoms with E-state index in [1.54, 1.807) is 13.8 Å². The highest BCUT2D eigenvalue weighted by Crippen LogP contribution is 2.69. The minimum absolute atomic E-state index is 0.165. The van der Waals surface area contributed by atoms with E-state index in [4.69, 9.17) is 66.3 Å². The van der Waals surface area contributed by atoms with Gasteiger partial charge in [0.25, 0.3) is 0 Å². The first-order valence-corrected chi connectivity index (χ1v) is 34.1. The number of carbonyl (C=O) groups excluding carboxylic acids is 1. The van der Waals surface area contributed by atoms with Crippen molar-refractivity contribution in [1.82, 2.24) is 0 Å². The van der Waals surface area contributed by atoms with Gasteiger partial charge in [0.15, 0.2) is 43.8 Å². The van der Waals surface area contributed by atoms with Crippen molar-refractivity contribution in [3.63, 3.8) is 0 Å². The highest BCUT2D eigenvalue weighted by Gasteiger charge is 2.67. The van der Waals surface area contributed by atoms with Crippen molar-refractivity contribution in [2.75, 3.05) is 39.6 Å². The van der Waals surface area contributed by atoms with Crippen LogP contribution in [0.5, 0.6) is 0 Å². The highest BCUT2D eigenvalue weighted by molar-refractivity contribution is 5.77. The van der Waals surface area contributed by atoms with Gasteiger partial charge in [-0.2, -0.15) is 0 Å². The normalized spacial score (nSPS) is 54.0. The zero-order chi connectivity index (χ0) is 73.3. The molecule has 37 nitrogen and oxygen atoms in total. The third-order valence-corrected chi connectivity index (χ3v) is 23.2. The van der Waals surface area contributed by atoms with Gasteiger partial charge in [0.2, 0.25) is 6.29 Å². The van der Waals surface area contributed by atoms with E-state index < -0.39 is 288 Å². The Morgan fingerprint density at radius 3 is 1.15 bits per heavy atom. The fourth-order valence-corrected chi connectivity index (χ4v) is 17.3. The second kappa shape index (κ2) is 31.9. The summed E-state index contributed by atoms with van der Waals surface area (Å²) in [6.45, 7) is 7.76. The van der Waals surface area contributed by atoms with Crippen LogP contribution in [0.2, 0.25) is 0 Å². The molecule has 7 saturated heterocycles. The summed E-state index contributed by atoms with van der Waals surface area (Å²) in [5.74, 6) is -1.63. The Hall–Kier alpha value is -2.19. The summed E-state index contributed by atoms with van der Waals surface area (Å²) in [6, 6.07) is 0. The molecule has 10 aliphatic rings. The molecule has 100 heavy (non-hydrogen) atoms. The molecule has 0 aromatic carbocycles. The van der Waals surface area contributed by atoms with E-state index in [0.29, 0.717) is 37.7 Å². The van der Waals surface area contributed by atoms with Crippen LogP contribution in [0.15, 0.2) is 12.2 Å². The second-order valence-electron chi connectivity index (χ2n) is 29.5. The van der Waals surface area contributed by atoms with Gasteiger partial charge in [0.1, 0.15) is 159 Å². The van der Waals surface area contributed by atoms with Gasteiger partial charge >= 0.3 is 5.97 Å². The van der Waals surface area contributed by atoms with Crippen LogP contribution in [0.1, 0.15) is 86.0 Å². The van der Waals surface area contributed by atoms with Crippen molar-refractivity contribution in [3.05, 3.63) is 12.2 Å². The molecule has 37 heteroatoms. The van der Waals surface area contributed by atoms with Gasteiger partial charge in [-0.1, -0.05) is 26.8 Å². The van der Waals surface area contributed by atoms with Crippen LogP contribution in [0, 0.1) is 28.1 Å². The number of ether oxygens (including phenoxy) is 14. The van der Waals surface area contributed by atoms with E-state index in [1.165, 1.54) is 6.92 Å². The maximum atomic E-state index is 15.7. The Kier molecular flexibility index (Phi) is 25.7. The third-order valence-electron chi connectivity index (χ3n) is 23.2. The van der Waals surface area contributed by atoms with Gasteiger partial charge in [-0.15, -0.1) is 0 Å². The van der Waals surface area contributed by atoms with Crippen LogP contribution in [0.4, 0.5) is 0 Å². The highest BCUT2D eigenvalue weighted by atomic mass is 16.8. The first-order chi connectivity index (χ1) is 47.1. The van der Waals surface area contributed by atoms with Gasteiger partial charge in [0, 0.05) is 0 Å². The maximum Gasteiger partial charge on any atom is 0.314 e. The Morgan fingerprint density at radius 1 is 0.390 bits per heavy atom. The van der Waals surface area contributed by atoms with Gasteiger partial charge in [0.05, 0.1) is 56.8 Å². The predicted octanol–water partition coefficient (Wildman–Crippen LogP) is -9.98. The predicted molar refractivity (Wildman–Crippen MR) is 322 cm³/mol. The standard InChI is InChI=1S/C63H104O37/c1-21(2)63(100-58-51(98-55-45(84)41(80)35(74)26(17-67)91-55)49(37(76)28(19-69)93-58)96-54-44(83)40(79)34(73)25(16-66)90-54)13-9-29-60(4,20-63)12-8-30-61(29,5)10-7-11-62(30,6)59(86)99-57-50(48(36(75)27(18-68)92-57)95-53-43(82)39(78)33(72)24(15-65)89-53)97-56-46(85)47(31(70)22(3)87-56)94-52-42(81)38(77)32(71)23(14-64)88-52/h22-58,64-85H,1,7-20H2,2-6H3/t22?,23?,24?,25?,26?,27?,28?,29-,30+,31?,32?,33?,34?,35?,36?,37?,38?,39?,40?,41?,42?,43?,44?,45?,46?,47?,48?,49?,50?,51?,52?,53?,54?,55?,56?,57?,58?,60+,61+,62-,63+/m1/s1. The van der Waals surface area contributed by atoms with E-state index in [1.807, 2.05) is 6.92 Å². The lowest BCUT2D eigenvalue weighted by Crippen LogP contribution is -2.68. The molecule has 0 bridgehead atoms. The lowest BCUT2D eigenvalue weighted by Gasteiger charge is -2.66. The minimum Gasteiger partial charge on any atom is -0.432 e. The fourth-order valence-electron chi connectivity index (χ4n) is 17.3. The molecule has 10 fully saturated rings. The first-order valence-electron chi connectivity index (χ1n) is 34.1. The summed E-state index contributed by atoms with van der Waals surface area (Å²) in [4.78, 5) is 15.7. The molecule has 35 unspecified atom stereocenters. The summed E-state index contributed by atoms with van der Waals surface area (Å²) >= 11 is 0. The maximum absolute atomic E-state index is 15.7. The number of fused-ring (bicyclic) bond motifs is 3. The number of hydrogen-bond acceptors (Lipinski definition) is 37. The summed E-state index contributed by atoms with van der Waals surface area (Å²) in [7, 11) is 0. The van der Waals surface area contributed by atoms with Crippen LogP contribution in [0.25, 0.3) is 0 Å². The van der Waals surface area contributed by atoms with Gasteiger partial charge in [-0.3, -0.25) is 4.79 Å². The van der Waals surface area contributed by atoms with Crippen molar-refractivity contribution in [3.8, 4) is 0 Å². The number of hydrogen-bond donors (Lipinski definition) is 22. The third kappa shape index (κ3) is 14.9.